The molecule has 0 aliphatic heterocycles. The zero-order chi connectivity index (χ0) is 11.8. The topological polar surface area (TPSA) is 49.6 Å². The van der Waals surface area contributed by atoms with Crippen LogP contribution < -0.4 is 5.73 Å². The van der Waals surface area contributed by atoms with Gasteiger partial charge in [-0.05, 0) is 25.9 Å². The van der Waals surface area contributed by atoms with Gasteiger partial charge in [0.15, 0.2) is 0 Å². The number of rotatable bonds is 7. The van der Waals surface area contributed by atoms with E-state index >= 15 is 0 Å². The first-order valence-electron chi connectivity index (χ1n) is 5.18. The second-order valence-corrected chi connectivity index (χ2v) is 4.25. The minimum atomic E-state index is 0.132. The molecule has 0 saturated heterocycles. The highest BCUT2D eigenvalue weighted by molar-refractivity contribution is 7.80. The average molecular weight is 231 g/mol. The van der Waals surface area contributed by atoms with E-state index in [9.17, 15) is 4.79 Å². The summed E-state index contributed by atoms with van der Waals surface area (Å²) in [6, 6.07) is 0. The standard InChI is InChI=1S/C10H21N3OS/c1-4-13(7-5-6-9(11)15)8-10(14)12(2)3/h4-8H2,1-3H3,(H2,11,15). The predicted octanol–water partition coefficient (Wildman–Crippen LogP) is 0.463. The third kappa shape index (κ3) is 7.27. The van der Waals surface area contributed by atoms with Crippen molar-refractivity contribution in [2.75, 3.05) is 33.7 Å². The number of nitrogens with two attached hydrogens (primary N) is 1. The minimum Gasteiger partial charge on any atom is -0.393 e. The number of likely N-dealkylation sites (N-methyl/N-ethyl adjacent to an activating group) is 2. The van der Waals surface area contributed by atoms with Gasteiger partial charge in [-0.15, -0.1) is 0 Å². The maximum atomic E-state index is 11.4. The van der Waals surface area contributed by atoms with Crippen molar-refractivity contribution in [3.8, 4) is 0 Å². The van der Waals surface area contributed by atoms with Gasteiger partial charge >= 0.3 is 0 Å². The van der Waals surface area contributed by atoms with Gasteiger partial charge in [0.2, 0.25) is 5.91 Å². The summed E-state index contributed by atoms with van der Waals surface area (Å²) in [6.45, 7) is 4.26. The van der Waals surface area contributed by atoms with Crippen LogP contribution in [0, 0.1) is 0 Å². The molecular formula is C10H21N3OS. The van der Waals surface area contributed by atoms with Crippen LogP contribution in [0.5, 0.6) is 0 Å². The van der Waals surface area contributed by atoms with E-state index in [0.717, 1.165) is 25.9 Å². The van der Waals surface area contributed by atoms with Gasteiger partial charge in [0.1, 0.15) is 0 Å². The lowest BCUT2D eigenvalue weighted by Crippen LogP contribution is -2.37. The molecule has 0 aromatic carbocycles. The highest BCUT2D eigenvalue weighted by atomic mass is 32.1. The second-order valence-electron chi connectivity index (χ2n) is 3.73. The molecule has 0 aliphatic rings. The molecule has 0 spiro atoms. The van der Waals surface area contributed by atoms with E-state index in [2.05, 4.69) is 4.90 Å². The molecule has 15 heavy (non-hydrogen) atoms. The van der Waals surface area contributed by atoms with Crippen molar-refractivity contribution in [1.82, 2.24) is 9.80 Å². The van der Waals surface area contributed by atoms with Crippen molar-refractivity contribution < 1.29 is 4.79 Å². The average Bonchev–Trinajstić information content (AvgIpc) is 2.15. The number of carbonyl (C=O) groups excluding carboxylic acids is 1. The molecule has 2 N–H and O–H groups in total. The Kier molecular flexibility index (Phi) is 7.25. The van der Waals surface area contributed by atoms with Crippen LogP contribution in [0.15, 0.2) is 0 Å². The van der Waals surface area contributed by atoms with Crippen molar-refractivity contribution in [2.45, 2.75) is 19.8 Å². The van der Waals surface area contributed by atoms with Crippen LogP contribution in [0.25, 0.3) is 0 Å². The van der Waals surface area contributed by atoms with Crippen LogP contribution in [-0.4, -0.2) is 54.4 Å². The maximum absolute atomic E-state index is 11.4. The molecule has 0 rings (SSSR count). The van der Waals surface area contributed by atoms with Gasteiger partial charge < -0.3 is 10.6 Å². The summed E-state index contributed by atoms with van der Waals surface area (Å²) in [5.74, 6) is 0.132. The van der Waals surface area contributed by atoms with Crippen LogP contribution in [0.4, 0.5) is 0 Å². The predicted molar refractivity (Wildman–Crippen MR) is 66.8 cm³/mol. The van der Waals surface area contributed by atoms with Crippen molar-refractivity contribution in [3.63, 3.8) is 0 Å². The number of thiocarbonyl (C=S) groups is 1. The van der Waals surface area contributed by atoms with Crippen molar-refractivity contribution >= 4 is 23.1 Å². The van der Waals surface area contributed by atoms with E-state index in [1.807, 2.05) is 6.92 Å². The number of hydrogen-bond acceptors (Lipinski definition) is 3. The van der Waals surface area contributed by atoms with Gasteiger partial charge in [0.05, 0.1) is 11.5 Å². The van der Waals surface area contributed by atoms with E-state index in [-0.39, 0.29) is 5.91 Å². The van der Waals surface area contributed by atoms with Crippen molar-refractivity contribution in [3.05, 3.63) is 0 Å². The van der Waals surface area contributed by atoms with Crippen LogP contribution >= 0.6 is 12.2 Å². The molecule has 0 unspecified atom stereocenters. The fourth-order valence-electron chi connectivity index (χ4n) is 1.16. The van der Waals surface area contributed by atoms with E-state index < -0.39 is 0 Å². The quantitative estimate of drug-likeness (QED) is 0.647. The molecule has 5 heteroatoms. The minimum absolute atomic E-state index is 0.132. The molecule has 0 heterocycles. The first kappa shape index (κ1) is 14.3. The third-order valence-corrected chi connectivity index (χ3v) is 2.41. The lowest BCUT2D eigenvalue weighted by molar-refractivity contribution is -0.129. The SMILES string of the molecule is CCN(CCCC(N)=S)CC(=O)N(C)C. The zero-order valence-electron chi connectivity index (χ0n) is 9.82. The van der Waals surface area contributed by atoms with Crippen LogP contribution in [0.3, 0.4) is 0 Å². The molecule has 0 radical (unpaired) electrons. The van der Waals surface area contributed by atoms with Crippen molar-refractivity contribution in [1.29, 1.82) is 0 Å². The Balaban J connectivity index is 3.82. The molecule has 0 fully saturated rings. The van der Waals surface area contributed by atoms with Crippen LogP contribution in [-0.2, 0) is 4.79 Å². The second kappa shape index (κ2) is 7.59. The summed E-state index contributed by atoms with van der Waals surface area (Å²) >= 11 is 4.80. The molecule has 0 aromatic heterocycles. The van der Waals surface area contributed by atoms with Gasteiger partial charge in [-0.1, -0.05) is 19.1 Å². The smallest absolute Gasteiger partial charge is 0.236 e. The van der Waals surface area contributed by atoms with Gasteiger partial charge in [0, 0.05) is 14.1 Å². The summed E-state index contributed by atoms with van der Waals surface area (Å²) in [6.07, 6.45) is 1.67. The number of amides is 1. The summed E-state index contributed by atoms with van der Waals surface area (Å²) in [7, 11) is 3.54. The molecule has 0 aliphatic carbocycles. The van der Waals surface area contributed by atoms with E-state index in [1.54, 1.807) is 19.0 Å². The third-order valence-electron chi connectivity index (χ3n) is 2.20. The maximum Gasteiger partial charge on any atom is 0.236 e. The molecule has 0 saturated carbocycles. The first-order valence-corrected chi connectivity index (χ1v) is 5.59. The molecular weight excluding hydrogens is 210 g/mol. The van der Waals surface area contributed by atoms with Gasteiger partial charge in [-0.25, -0.2) is 0 Å². The molecule has 0 bridgehead atoms. The van der Waals surface area contributed by atoms with Crippen molar-refractivity contribution in [2.24, 2.45) is 5.73 Å². The normalized spacial score (nSPS) is 10.4. The molecule has 1 amide bonds. The Labute approximate surface area is 97.4 Å². The monoisotopic (exact) mass is 231 g/mol. The Hall–Kier alpha value is -0.680. The Bertz CT molecular complexity index is 219. The van der Waals surface area contributed by atoms with Crippen LogP contribution in [0.1, 0.15) is 19.8 Å². The Morgan fingerprint density at radius 2 is 2.00 bits per heavy atom. The summed E-state index contributed by atoms with van der Waals surface area (Å²) in [4.78, 5) is 15.7. The number of hydrogen-bond donors (Lipinski definition) is 1. The summed E-state index contributed by atoms with van der Waals surface area (Å²) in [5.41, 5.74) is 5.41. The Morgan fingerprint density at radius 1 is 1.40 bits per heavy atom. The van der Waals surface area contributed by atoms with E-state index in [1.165, 1.54) is 0 Å². The highest BCUT2D eigenvalue weighted by Gasteiger charge is 2.09. The van der Waals surface area contributed by atoms with Crippen LogP contribution in [0.2, 0.25) is 0 Å². The summed E-state index contributed by atoms with van der Waals surface area (Å²) < 4.78 is 0. The highest BCUT2D eigenvalue weighted by Crippen LogP contribution is 1.96. The zero-order valence-corrected chi connectivity index (χ0v) is 10.6. The fourth-order valence-corrected chi connectivity index (χ4v) is 1.30. The largest absolute Gasteiger partial charge is 0.393 e. The lowest BCUT2D eigenvalue weighted by Gasteiger charge is -2.21. The van der Waals surface area contributed by atoms with Gasteiger partial charge in [-0.2, -0.15) is 0 Å². The van der Waals surface area contributed by atoms with Gasteiger partial charge in [-0.3, -0.25) is 9.69 Å². The van der Waals surface area contributed by atoms with Gasteiger partial charge in [0.25, 0.3) is 0 Å². The number of nitrogens with zero attached hydrogens (tertiary/aromatic N) is 2. The summed E-state index contributed by atoms with van der Waals surface area (Å²) in [5, 5.41) is 0. The molecule has 0 atom stereocenters. The van der Waals surface area contributed by atoms with E-state index in [4.69, 9.17) is 18.0 Å². The first-order chi connectivity index (χ1) is 6.97. The fraction of sp³-hybridized carbons (Fsp3) is 0.800. The molecule has 4 nitrogen and oxygen atoms in total. The lowest BCUT2D eigenvalue weighted by atomic mass is 10.3. The molecule has 0 aromatic rings. The molecule has 88 valence electrons. The Morgan fingerprint density at radius 3 is 2.40 bits per heavy atom. The van der Waals surface area contributed by atoms with E-state index in [0.29, 0.717) is 11.5 Å². The number of carbonyl (C=O) groups is 1.